The van der Waals surface area contributed by atoms with Gasteiger partial charge in [-0.2, -0.15) is 0 Å². The molecule has 0 saturated carbocycles. The molecule has 0 saturated heterocycles. The average molecular weight is 443 g/mol. The molecule has 1 aliphatic rings. The zero-order valence-electron chi connectivity index (χ0n) is 18.7. The molecule has 6 nitrogen and oxygen atoms in total. The summed E-state index contributed by atoms with van der Waals surface area (Å²) in [4.78, 5) is 27.7. The van der Waals surface area contributed by atoms with Gasteiger partial charge in [0.15, 0.2) is 11.5 Å². The number of hydrogen-bond acceptors (Lipinski definition) is 4. The Labute approximate surface area is 188 Å². The SMILES string of the molecule is CCCCNC(=O)[C@@H](CC)N(Cc1ccc(F)cc1)C(=O)CCc1ccc2c(c1)OCO2. The number of rotatable bonds is 11. The van der Waals surface area contributed by atoms with Gasteiger partial charge in [-0.3, -0.25) is 9.59 Å². The molecule has 7 heteroatoms. The third-order valence-corrected chi connectivity index (χ3v) is 5.55. The van der Waals surface area contributed by atoms with Crippen molar-refractivity contribution in [3.63, 3.8) is 0 Å². The summed E-state index contributed by atoms with van der Waals surface area (Å²) in [5.41, 5.74) is 1.74. The first-order chi connectivity index (χ1) is 15.5. The van der Waals surface area contributed by atoms with E-state index in [9.17, 15) is 14.0 Å². The molecule has 0 fully saturated rings. The van der Waals surface area contributed by atoms with Crippen molar-refractivity contribution in [1.82, 2.24) is 10.2 Å². The van der Waals surface area contributed by atoms with Crippen LogP contribution in [0.15, 0.2) is 42.5 Å². The number of amides is 2. The van der Waals surface area contributed by atoms with Crippen LogP contribution in [0.3, 0.4) is 0 Å². The van der Waals surface area contributed by atoms with Gasteiger partial charge in [0.2, 0.25) is 18.6 Å². The van der Waals surface area contributed by atoms with Crippen LogP contribution >= 0.6 is 0 Å². The largest absolute Gasteiger partial charge is 0.454 e. The number of hydrogen-bond donors (Lipinski definition) is 1. The summed E-state index contributed by atoms with van der Waals surface area (Å²) < 4.78 is 24.1. The van der Waals surface area contributed by atoms with Crippen LogP contribution in [0.4, 0.5) is 4.39 Å². The van der Waals surface area contributed by atoms with Crippen molar-refractivity contribution < 1.29 is 23.5 Å². The zero-order chi connectivity index (χ0) is 22.9. The van der Waals surface area contributed by atoms with E-state index in [0.717, 1.165) is 24.0 Å². The maximum Gasteiger partial charge on any atom is 0.242 e. The van der Waals surface area contributed by atoms with Gasteiger partial charge >= 0.3 is 0 Å². The van der Waals surface area contributed by atoms with Crippen molar-refractivity contribution in [2.75, 3.05) is 13.3 Å². The number of aryl methyl sites for hydroxylation is 1. The van der Waals surface area contributed by atoms with Crippen LogP contribution in [-0.2, 0) is 22.6 Å². The molecule has 0 radical (unpaired) electrons. The number of unbranched alkanes of at least 4 members (excludes halogenated alkanes) is 1. The van der Waals surface area contributed by atoms with Gasteiger partial charge in [-0.25, -0.2) is 4.39 Å². The second-order valence-electron chi connectivity index (χ2n) is 7.90. The molecule has 1 N–H and O–H groups in total. The van der Waals surface area contributed by atoms with Crippen molar-refractivity contribution in [2.45, 2.75) is 58.5 Å². The van der Waals surface area contributed by atoms with Crippen molar-refractivity contribution >= 4 is 11.8 Å². The topological polar surface area (TPSA) is 67.9 Å². The van der Waals surface area contributed by atoms with Crippen LogP contribution in [0.1, 0.15) is 50.7 Å². The predicted molar refractivity (Wildman–Crippen MR) is 120 cm³/mol. The highest BCUT2D eigenvalue weighted by Crippen LogP contribution is 2.32. The number of carbonyl (C=O) groups is 2. The van der Waals surface area contributed by atoms with Crippen molar-refractivity contribution in [1.29, 1.82) is 0 Å². The molecule has 0 aromatic heterocycles. The molecule has 1 atom stereocenters. The molecule has 172 valence electrons. The summed E-state index contributed by atoms with van der Waals surface area (Å²) in [6, 6.07) is 11.1. The van der Waals surface area contributed by atoms with Crippen molar-refractivity contribution in [3.05, 3.63) is 59.4 Å². The fourth-order valence-electron chi connectivity index (χ4n) is 3.70. The van der Waals surface area contributed by atoms with E-state index < -0.39 is 6.04 Å². The van der Waals surface area contributed by atoms with Gasteiger partial charge in [-0.1, -0.05) is 38.5 Å². The molecule has 2 aromatic rings. The molecular formula is C25H31FN2O4. The van der Waals surface area contributed by atoms with Crippen LogP contribution in [0.25, 0.3) is 0 Å². The van der Waals surface area contributed by atoms with Gasteiger partial charge in [0, 0.05) is 19.5 Å². The lowest BCUT2D eigenvalue weighted by Gasteiger charge is -2.31. The van der Waals surface area contributed by atoms with Gasteiger partial charge in [0.1, 0.15) is 11.9 Å². The standard InChI is InChI=1S/C25H31FN2O4/c1-3-5-14-27-25(30)21(4-2)28(16-19-6-10-20(26)11-7-19)24(29)13-9-18-8-12-22-23(15-18)32-17-31-22/h6-8,10-12,15,21H,3-5,9,13-14,16-17H2,1-2H3,(H,27,30)/t21-/m1/s1. The van der Waals surface area contributed by atoms with E-state index in [1.165, 1.54) is 12.1 Å². The Morgan fingerprint density at radius 1 is 1.06 bits per heavy atom. The van der Waals surface area contributed by atoms with E-state index in [2.05, 4.69) is 12.2 Å². The number of fused-ring (bicyclic) bond motifs is 1. The summed E-state index contributed by atoms with van der Waals surface area (Å²) in [6.45, 7) is 4.99. The Bertz CT molecular complexity index is 917. The number of carbonyl (C=O) groups excluding carboxylic acids is 2. The highest BCUT2D eigenvalue weighted by atomic mass is 19.1. The van der Waals surface area contributed by atoms with Crippen molar-refractivity contribution in [2.24, 2.45) is 0 Å². The number of nitrogens with one attached hydrogen (secondary N) is 1. The molecule has 1 heterocycles. The van der Waals surface area contributed by atoms with Crippen LogP contribution < -0.4 is 14.8 Å². The van der Waals surface area contributed by atoms with E-state index in [-0.39, 0.29) is 37.4 Å². The summed E-state index contributed by atoms with van der Waals surface area (Å²) in [5, 5.41) is 2.94. The summed E-state index contributed by atoms with van der Waals surface area (Å²) >= 11 is 0. The number of ether oxygens (including phenoxy) is 2. The second kappa shape index (κ2) is 11.5. The first kappa shape index (κ1) is 23.6. The molecule has 0 aliphatic carbocycles. The molecule has 1 aliphatic heterocycles. The third-order valence-electron chi connectivity index (χ3n) is 5.55. The Morgan fingerprint density at radius 3 is 2.50 bits per heavy atom. The number of nitrogens with zero attached hydrogens (tertiary/aromatic N) is 1. The van der Waals surface area contributed by atoms with Crippen LogP contribution in [0.2, 0.25) is 0 Å². The van der Waals surface area contributed by atoms with Gasteiger partial charge in [-0.15, -0.1) is 0 Å². The van der Waals surface area contributed by atoms with Crippen molar-refractivity contribution in [3.8, 4) is 11.5 Å². The maximum atomic E-state index is 13.3. The fraction of sp³-hybridized carbons (Fsp3) is 0.440. The van der Waals surface area contributed by atoms with Gasteiger partial charge < -0.3 is 19.7 Å². The molecule has 32 heavy (non-hydrogen) atoms. The van der Waals surface area contributed by atoms with Gasteiger partial charge in [0.25, 0.3) is 0 Å². The lowest BCUT2D eigenvalue weighted by molar-refractivity contribution is -0.141. The smallest absolute Gasteiger partial charge is 0.242 e. The lowest BCUT2D eigenvalue weighted by Crippen LogP contribution is -2.49. The lowest BCUT2D eigenvalue weighted by atomic mass is 10.1. The summed E-state index contributed by atoms with van der Waals surface area (Å²) in [7, 11) is 0. The second-order valence-corrected chi connectivity index (χ2v) is 7.90. The molecular weight excluding hydrogens is 411 g/mol. The number of halogens is 1. The Kier molecular flexibility index (Phi) is 8.48. The quantitative estimate of drug-likeness (QED) is 0.530. The predicted octanol–water partition coefficient (Wildman–Crippen LogP) is 4.21. The van der Waals surface area contributed by atoms with E-state index in [1.807, 2.05) is 25.1 Å². The van der Waals surface area contributed by atoms with E-state index >= 15 is 0 Å². The highest BCUT2D eigenvalue weighted by molar-refractivity contribution is 5.87. The fourth-order valence-corrected chi connectivity index (χ4v) is 3.70. The van der Waals surface area contributed by atoms with E-state index in [1.54, 1.807) is 17.0 Å². The minimum atomic E-state index is -0.582. The van der Waals surface area contributed by atoms with Gasteiger partial charge in [-0.05, 0) is 54.7 Å². The van der Waals surface area contributed by atoms with Gasteiger partial charge in [0.05, 0.1) is 0 Å². The average Bonchev–Trinajstić information content (AvgIpc) is 3.27. The Balaban J connectivity index is 1.72. The highest BCUT2D eigenvalue weighted by Gasteiger charge is 2.28. The third kappa shape index (κ3) is 6.22. The zero-order valence-corrected chi connectivity index (χ0v) is 18.7. The van der Waals surface area contributed by atoms with E-state index in [4.69, 9.17) is 9.47 Å². The maximum absolute atomic E-state index is 13.3. The Hall–Kier alpha value is -3.09. The van der Waals surface area contributed by atoms with Crippen LogP contribution in [0.5, 0.6) is 11.5 Å². The Morgan fingerprint density at radius 2 is 1.78 bits per heavy atom. The molecule has 2 aromatic carbocycles. The van der Waals surface area contributed by atoms with Crippen LogP contribution in [-0.4, -0.2) is 36.1 Å². The van der Waals surface area contributed by atoms with E-state index in [0.29, 0.717) is 30.9 Å². The summed E-state index contributed by atoms with van der Waals surface area (Å²) in [6.07, 6.45) is 3.13. The van der Waals surface area contributed by atoms with Crippen LogP contribution in [0, 0.1) is 5.82 Å². The minimum Gasteiger partial charge on any atom is -0.454 e. The minimum absolute atomic E-state index is 0.121. The molecule has 3 rings (SSSR count). The molecule has 0 spiro atoms. The molecule has 2 amide bonds. The monoisotopic (exact) mass is 442 g/mol. The first-order valence-corrected chi connectivity index (χ1v) is 11.2. The molecule has 0 unspecified atom stereocenters. The normalized spacial score (nSPS) is 13.0. The molecule has 0 bridgehead atoms. The number of benzene rings is 2. The summed E-state index contributed by atoms with van der Waals surface area (Å²) in [5.74, 6) is 0.774. The first-order valence-electron chi connectivity index (χ1n) is 11.2.